The molecular formula is C22H37N9OS. The maximum atomic E-state index is 12.4. The maximum Gasteiger partial charge on any atom is 0.240 e. The second-order valence-corrected chi connectivity index (χ2v) is 8.80. The van der Waals surface area contributed by atoms with Gasteiger partial charge in [0.25, 0.3) is 0 Å². The number of hydrogen-bond acceptors (Lipinski definition) is 6. The summed E-state index contributed by atoms with van der Waals surface area (Å²) in [6.07, 6.45) is 5.15. The Bertz CT molecular complexity index is 850. The molecule has 1 heterocycles. The van der Waals surface area contributed by atoms with Gasteiger partial charge in [0.2, 0.25) is 11.9 Å². The number of rotatable bonds is 8. The molecule has 2 fully saturated rings. The van der Waals surface area contributed by atoms with Crippen molar-refractivity contribution in [3.05, 3.63) is 24.3 Å². The van der Waals surface area contributed by atoms with Crippen molar-refractivity contribution in [3.8, 4) is 6.07 Å². The molecule has 182 valence electrons. The lowest BCUT2D eigenvalue weighted by Crippen LogP contribution is -2.54. The van der Waals surface area contributed by atoms with Crippen LogP contribution < -0.4 is 16.4 Å². The first kappa shape index (κ1) is 26.3. The Kier molecular flexibility index (Phi) is 8.93. The lowest BCUT2D eigenvalue weighted by Gasteiger charge is -2.42. The Labute approximate surface area is 202 Å². The third-order valence-corrected chi connectivity index (χ3v) is 6.63. The van der Waals surface area contributed by atoms with Gasteiger partial charge in [0.15, 0.2) is 5.11 Å². The van der Waals surface area contributed by atoms with Crippen LogP contribution in [0.2, 0.25) is 0 Å². The fraction of sp³-hybridized carbons (Fsp3) is 0.636. The maximum absolute atomic E-state index is 12.4. The molecule has 2 aliphatic rings. The standard InChI is InChI=1S/C22H37N9OS/c1-7-17(18(25-3)28(4)20(24)33)29(5)30(6)21(26-8-2)31-13-9-16(10-14-31)27-19(32)22(15-23)11-12-22/h8,16,25H,2,7,9-14H2,1,3-6H3,(H2,24,33)(H,27,32)/b18-17+,26-21?. The zero-order valence-corrected chi connectivity index (χ0v) is 21.2. The van der Waals surface area contributed by atoms with E-state index in [1.165, 1.54) is 6.20 Å². The first-order valence-corrected chi connectivity index (χ1v) is 11.6. The van der Waals surface area contributed by atoms with Gasteiger partial charge >= 0.3 is 0 Å². The quantitative estimate of drug-likeness (QED) is 0.205. The molecule has 1 aliphatic heterocycles. The zero-order valence-electron chi connectivity index (χ0n) is 20.4. The second-order valence-electron chi connectivity index (χ2n) is 8.38. The summed E-state index contributed by atoms with van der Waals surface area (Å²) < 4.78 is 0. The number of nitriles is 1. The van der Waals surface area contributed by atoms with E-state index < -0.39 is 5.41 Å². The molecule has 0 aromatic heterocycles. The van der Waals surface area contributed by atoms with E-state index in [4.69, 9.17) is 18.0 Å². The van der Waals surface area contributed by atoms with Gasteiger partial charge in [-0.3, -0.25) is 14.8 Å². The van der Waals surface area contributed by atoms with Crippen LogP contribution in [0.3, 0.4) is 0 Å². The highest BCUT2D eigenvalue weighted by Crippen LogP contribution is 2.45. The summed E-state index contributed by atoms with van der Waals surface area (Å²) in [5.41, 5.74) is 6.05. The minimum absolute atomic E-state index is 0.0637. The van der Waals surface area contributed by atoms with Crippen molar-refractivity contribution in [2.24, 2.45) is 16.1 Å². The number of carbonyl (C=O) groups excluding carboxylic acids is 1. The summed E-state index contributed by atoms with van der Waals surface area (Å²) in [6, 6.07) is 2.23. The van der Waals surface area contributed by atoms with Crippen LogP contribution in [0, 0.1) is 16.7 Å². The number of nitrogens with two attached hydrogens (primary N) is 1. The number of guanidine groups is 1. The van der Waals surface area contributed by atoms with Gasteiger partial charge in [0, 0.05) is 53.5 Å². The SMILES string of the molecule is C=CN=C(N1CCC(NC(=O)C2(C#N)CC2)CC1)N(C)N(C)/C(CC)=C(\NC)N(C)C(N)=S. The van der Waals surface area contributed by atoms with E-state index in [0.717, 1.165) is 49.8 Å². The van der Waals surface area contributed by atoms with Crippen LogP contribution in [0.5, 0.6) is 0 Å². The average Bonchev–Trinajstić information content (AvgIpc) is 3.61. The minimum Gasteiger partial charge on any atom is -0.376 e. The predicted molar refractivity (Wildman–Crippen MR) is 134 cm³/mol. The van der Waals surface area contributed by atoms with Gasteiger partial charge in [-0.05, 0) is 44.3 Å². The molecule has 4 N–H and O–H groups in total. The number of nitrogens with one attached hydrogen (secondary N) is 2. The first-order valence-electron chi connectivity index (χ1n) is 11.2. The number of hydrogen-bond donors (Lipinski definition) is 3. The Morgan fingerprint density at radius 2 is 1.94 bits per heavy atom. The van der Waals surface area contributed by atoms with E-state index >= 15 is 0 Å². The summed E-state index contributed by atoms with van der Waals surface area (Å²) >= 11 is 5.16. The van der Waals surface area contributed by atoms with Crippen molar-refractivity contribution in [3.63, 3.8) is 0 Å². The molecule has 0 unspecified atom stereocenters. The van der Waals surface area contributed by atoms with Crippen molar-refractivity contribution in [1.82, 2.24) is 30.5 Å². The Hall–Kier alpha value is -3.00. The number of allylic oxidation sites excluding steroid dienone is 1. The molecule has 0 spiro atoms. The summed E-state index contributed by atoms with van der Waals surface area (Å²) in [5.74, 6) is 1.44. The largest absolute Gasteiger partial charge is 0.376 e. The molecule has 2 rings (SSSR count). The van der Waals surface area contributed by atoms with E-state index in [2.05, 4.69) is 40.1 Å². The Morgan fingerprint density at radius 1 is 1.33 bits per heavy atom. The highest BCUT2D eigenvalue weighted by molar-refractivity contribution is 7.80. The van der Waals surface area contributed by atoms with Crippen molar-refractivity contribution in [1.29, 1.82) is 5.26 Å². The molecular weight excluding hydrogens is 438 g/mol. The molecule has 33 heavy (non-hydrogen) atoms. The van der Waals surface area contributed by atoms with Crippen molar-refractivity contribution in [2.75, 3.05) is 41.3 Å². The Balaban J connectivity index is 2.12. The van der Waals surface area contributed by atoms with Crippen LogP contribution >= 0.6 is 12.2 Å². The smallest absolute Gasteiger partial charge is 0.240 e. The lowest BCUT2D eigenvalue weighted by molar-refractivity contribution is -0.125. The molecule has 10 nitrogen and oxygen atoms in total. The van der Waals surface area contributed by atoms with Crippen LogP contribution in [0.4, 0.5) is 0 Å². The number of hydrazine groups is 1. The van der Waals surface area contributed by atoms with E-state index in [1.54, 1.807) is 4.90 Å². The summed E-state index contributed by atoms with van der Waals surface area (Å²) in [5, 5.41) is 19.8. The molecule has 1 saturated heterocycles. The molecule has 1 amide bonds. The molecule has 0 aromatic carbocycles. The fourth-order valence-corrected chi connectivity index (χ4v) is 4.09. The van der Waals surface area contributed by atoms with E-state index in [1.807, 2.05) is 38.2 Å². The number of nitrogens with zero attached hydrogens (tertiary/aromatic N) is 6. The highest BCUT2D eigenvalue weighted by atomic mass is 32.1. The first-order chi connectivity index (χ1) is 15.6. The minimum atomic E-state index is -0.789. The van der Waals surface area contributed by atoms with E-state index in [0.29, 0.717) is 12.8 Å². The lowest BCUT2D eigenvalue weighted by atomic mass is 10.0. The third kappa shape index (κ3) is 5.87. The number of amides is 1. The molecule has 1 saturated carbocycles. The molecule has 11 heteroatoms. The molecule has 0 atom stereocenters. The number of aliphatic imine (C=N–C) groups is 1. The molecule has 0 bridgehead atoms. The normalized spacial score (nSPS) is 18.4. The van der Waals surface area contributed by atoms with Crippen LogP contribution in [0.15, 0.2) is 29.3 Å². The predicted octanol–water partition coefficient (Wildman–Crippen LogP) is 1.12. The van der Waals surface area contributed by atoms with Gasteiger partial charge in [0.1, 0.15) is 11.2 Å². The van der Waals surface area contributed by atoms with Crippen molar-refractivity contribution in [2.45, 2.75) is 45.1 Å². The average molecular weight is 476 g/mol. The number of carbonyl (C=O) groups is 1. The molecule has 0 aromatic rings. The van der Waals surface area contributed by atoms with Crippen LogP contribution in [0.1, 0.15) is 39.0 Å². The molecule has 0 radical (unpaired) electrons. The monoisotopic (exact) mass is 475 g/mol. The van der Waals surface area contributed by atoms with Gasteiger partial charge in [-0.25, -0.2) is 4.99 Å². The Morgan fingerprint density at radius 3 is 2.36 bits per heavy atom. The van der Waals surface area contributed by atoms with Crippen molar-refractivity contribution >= 4 is 29.2 Å². The van der Waals surface area contributed by atoms with Gasteiger partial charge in [-0.1, -0.05) is 13.5 Å². The fourth-order valence-electron chi connectivity index (χ4n) is 3.99. The van der Waals surface area contributed by atoms with Crippen LogP contribution in [-0.2, 0) is 4.79 Å². The number of thiocarbonyl (C=S) groups is 1. The van der Waals surface area contributed by atoms with Gasteiger partial charge in [-0.2, -0.15) is 5.26 Å². The summed E-state index contributed by atoms with van der Waals surface area (Å²) in [6.45, 7) is 7.31. The van der Waals surface area contributed by atoms with Crippen LogP contribution in [0.25, 0.3) is 0 Å². The summed E-state index contributed by atoms with van der Waals surface area (Å²) in [7, 11) is 7.58. The zero-order chi connectivity index (χ0) is 24.8. The second kappa shape index (κ2) is 11.2. The molecule has 1 aliphatic carbocycles. The number of likely N-dealkylation sites (tertiary alicyclic amines) is 1. The highest BCUT2D eigenvalue weighted by Gasteiger charge is 2.51. The third-order valence-electron chi connectivity index (χ3n) is 6.36. The summed E-state index contributed by atoms with van der Waals surface area (Å²) in [4.78, 5) is 20.9. The number of piperidine rings is 1. The van der Waals surface area contributed by atoms with Crippen molar-refractivity contribution < 1.29 is 4.79 Å². The van der Waals surface area contributed by atoms with Gasteiger partial charge < -0.3 is 26.2 Å². The van der Waals surface area contributed by atoms with Gasteiger partial charge in [0.05, 0.1) is 11.8 Å². The van der Waals surface area contributed by atoms with E-state index in [-0.39, 0.29) is 17.1 Å². The topological polar surface area (TPSA) is 116 Å². The van der Waals surface area contributed by atoms with E-state index in [9.17, 15) is 10.1 Å². The van der Waals surface area contributed by atoms with Crippen LogP contribution in [-0.4, -0.2) is 84.1 Å². The van der Waals surface area contributed by atoms with Gasteiger partial charge in [-0.15, -0.1) is 0 Å².